The molecule has 1 aliphatic rings. The van der Waals surface area contributed by atoms with E-state index in [2.05, 4.69) is 10.2 Å². The molecule has 0 unspecified atom stereocenters. The number of aromatic nitrogens is 1. The molecule has 0 saturated carbocycles. The molecular formula is C26H27F4N3O2. The topological polar surface area (TPSA) is 46.5 Å². The molecule has 0 radical (unpaired) electrons. The van der Waals surface area contributed by atoms with Crippen LogP contribution in [0, 0.1) is 19.7 Å². The number of ether oxygens (including phenoxy) is 1. The number of morpholine rings is 1. The van der Waals surface area contributed by atoms with Crippen LogP contribution < -0.4 is 10.2 Å². The number of hydrogen-bond donors (Lipinski definition) is 1. The summed E-state index contributed by atoms with van der Waals surface area (Å²) in [5.41, 5.74) is 3.29. The summed E-state index contributed by atoms with van der Waals surface area (Å²) in [6.07, 6.45) is -4.45. The fraction of sp³-hybridized carbons (Fsp3) is 0.346. The van der Waals surface area contributed by atoms with Crippen molar-refractivity contribution in [2.24, 2.45) is 0 Å². The number of anilines is 1. The highest BCUT2D eigenvalue weighted by Crippen LogP contribution is 2.34. The van der Waals surface area contributed by atoms with E-state index in [0.717, 1.165) is 34.6 Å². The Kier molecular flexibility index (Phi) is 7.16. The van der Waals surface area contributed by atoms with Gasteiger partial charge in [-0.2, -0.15) is 13.2 Å². The summed E-state index contributed by atoms with van der Waals surface area (Å²) >= 11 is 0. The average Bonchev–Trinajstić information content (AvgIpc) is 3.08. The molecule has 0 bridgehead atoms. The van der Waals surface area contributed by atoms with Crippen molar-refractivity contribution < 1.29 is 27.1 Å². The van der Waals surface area contributed by atoms with Gasteiger partial charge in [-0.3, -0.25) is 4.79 Å². The molecule has 1 fully saturated rings. The molecule has 0 aliphatic carbocycles. The number of amides is 1. The van der Waals surface area contributed by atoms with Gasteiger partial charge in [-0.25, -0.2) is 4.39 Å². The zero-order valence-electron chi connectivity index (χ0n) is 19.6. The van der Waals surface area contributed by atoms with Crippen molar-refractivity contribution >= 4 is 11.6 Å². The highest BCUT2D eigenvalue weighted by molar-refractivity contribution is 5.96. The maximum atomic E-state index is 13.4. The predicted octanol–water partition coefficient (Wildman–Crippen LogP) is 5.08. The number of nitrogens with one attached hydrogen (secondary N) is 1. The normalized spacial score (nSPS) is 14.3. The summed E-state index contributed by atoms with van der Waals surface area (Å²) in [5, 5.41) is 2.88. The van der Waals surface area contributed by atoms with E-state index in [1.54, 1.807) is 22.8 Å². The molecule has 1 aliphatic heterocycles. The Morgan fingerprint density at radius 1 is 1.03 bits per heavy atom. The first-order valence-electron chi connectivity index (χ1n) is 11.4. The number of nitrogens with zero attached hydrogens (tertiary/aromatic N) is 2. The maximum absolute atomic E-state index is 13.4. The number of benzene rings is 2. The van der Waals surface area contributed by atoms with Crippen LogP contribution in [0.2, 0.25) is 0 Å². The van der Waals surface area contributed by atoms with Crippen molar-refractivity contribution in [2.75, 3.05) is 31.2 Å². The predicted molar refractivity (Wildman–Crippen MR) is 125 cm³/mol. The van der Waals surface area contributed by atoms with E-state index in [1.807, 2.05) is 13.8 Å². The number of carbonyl (C=O) groups excluding carboxylic acids is 1. The van der Waals surface area contributed by atoms with Crippen molar-refractivity contribution in [3.8, 4) is 0 Å². The Balaban J connectivity index is 1.69. The molecular weight excluding hydrogens is 462 g/mol. The van der Waals surface area contributed by atoms with E-state index < -0.39 is 11.7 Å². The van der Waals surface area contributed by atoms with E-state index in [-0.39, 0.29) is 24.8 Å². The van der Waals surface area contributed by atoms with Gasteiger partial charge < -0.3 is 19.5 Å². The molecule has 9 heteroatoms. The van der Waals surface area contributed by atoms with Crippen molar-refractivity contribution in [2.45, 2.75) is 33.1 Å². The minimum absolute atomic E-state index is 0.111. The smallest absolute Gasteiger partial charge is 0.378 e. The average molecular weight is 490 g/mol. The van der Waals surface area contributed by atoms with E-state index in [1.165, 1.54) is 18.2 Å². The number of carbonyl (C=O) groups is 1. The second-order valence-electron chi connectivity index (χ2n) is 8.60. The molecule has 1 N–H and O–H groups in total. The van der Waals surface area contributed by atoms with Crippen LogP contribution in [0.5, 0.6) is 0 Å². The molecule has 186 valence electrons. The van der Waals surface area contributed by atoms with Crippen molar-refractivity contribution in [3.63, 3.8) is 0 Å². The number of alkyl halides is 3. The summed E-state index contributed by atoms with van der Waals surface area (Å²) in [6, 6.07) is 11.0. The van der Waals surface area contributed by atoms with Crippen LogP contribution >= 0.6 is 0 Å². The van der Waals surface area contributed by atoms with Gasteiger partial charge in [-0.1, -0.05) is 24.3 Å². The Labute approximate surface area is 201 Å². The first-order chi connectivity index (χ1) is 16.6. The Bertz CT molecular complexity index is 1200. The van der Waals surface area contributed by atoms with Crippen molar-refractivity contribution in [1.82, 2.24) is 9.88 Å². The molecule has 2 heterocycles. The first kappa shape index (κ1) is 24.8. The molecule has 0 atom stereocenters. The zero-order chi connectivity index (χ0) is 25.2. The molecule has 1 saturated heterocycles. The van der Waals surface area contributed by atoms with Crippen LogP contribution in [0.25, 0.3) is 0 Å². The molecule has 2 aromatic carbocycles. The molecule has 5 nitrogen and oxygen atoms in total. The van der Waals surface area contributed by atoms with Crippen LogP contribution in [0.1, 0.15) is 38.4 Å². The molecule has 0 spiro atoms. The molecule has 1 amide bonds. The lowest BCUT2D eigenvalue weighted by Gasteiger charge is -2.29. The second kappa shape index (κ2) is 10.1. The van der Waals surface area contributed by atoms with Crippen LogP contribution in [-0.4, -0.2) is 36.8 Å². The SMILES string of the molecule is Cc1c(N2CCOCC2)c(C)n(Cc2cccc(C(F)(F)F)c2)c1C(=O)NCc1ccc(F)cc1. The number of halogens is 4. The van der Waals surface area contributed by atoms with Crippen LogP contribution in [0.4, 0.5) is 23.2 Å². The lowest BCUT2D eigenvalue weighted by molar-refractivity contribution is -0.137. The molecule has 1 aromatic heterocycles. The Morgan fingerprint density at radius 2 is 1.71 bits per heavy atom. The first-order valence-corrected chi connectivity index (χ1v) is 11.4. The van der Waals surface area contributed by atoms with E-state index in [4.69, 9.17) is 4.74 Å². The fourth-order valence-electron chi connectivity index (χ4n) is 4.52. The monoisotopic (exact) mass is 489 g/mol. The zero-order valence-corrected chi connectivity index (χ0v) is 19.6. The van der Waals surface area contributed by atoms with Gasteiger partial charge in [0.25, 0.3) is 5.91 Å². The quantitative estimate of drug-likeness (QED) is 0.492. The molecule has 35 heavy (non-hydrogen) atoms. The highest BCUT2D eigenvalue weighted by atomic mass is 19.4. The van der Waals surface area contributed by atoms with Gasteiger partial charge in [-0.15, -0.1) is 0 Å². The summed E-state index contributed by atoms with van der Waals surface area (Å²) in [7, 11) is 0. The van der Waals surface area contributed by atoms with Crippen LogP contribution in [0.3, 0.4) is 0 Å². The summed E-state index contributed by atoms with van der Waals surface area (Å²) in [6.45, 7) is 6.47. The van der Waals surface area contributed by atoms with E-state index in [0.29, 0.717) is 37.6 Å². The fourth-order valence-corrected chi connectivity index (χ4v) is 4.52. The lowest BCUT2D eigenvalue weighted by atomic mass is 10.1. The van der Waals surface area contributed by atoms with Gasteiger partial charge in [0, 0.05) is 37.4 Å². The van der Waals surface area contributed by atoms with Gasteiger partial charge in [0.05, 0.1) is 24.5 Å². The van der Waals surface area contributed by atoms with Gasteiger partial charge >= 0.3 is 6.18 Å². The second-order valence-corrected chi connectivity index (χ2v) is 8.60. The Morgan fingerprint density at radius 3 is 2.37 bits per heavy atom. The highest BCUT2D eigenvalue weighted by Gasteiger charge is 2.31. The minimum atomic E-state index is -4.45. The Hall–Kier alpha value is -3.33. The number of hydrogen-bond acceptors (Lipinski definition) is 3. The van der Waals surface area contributed by atoms with Crippen molar-refractivity contribution in [1.29, 1.82) is 0 Å². The van der Waals surface area contributed by atoms with Gasteiger partial charge in [0.1, 0.15) is 11.5 Å². The van der Waals surface area contributed by atoms with Crippen LogP contribution in [-0.2, 0) is 24.0 Å². The maximum Gasteiger partial charge on any atom is 0.416 e. The largest absolute Gasteiger partial charge is 0.416 e. The standard InChI is InChI=1S/C26H27F4N3O2/c1-17-23(32-10-12-35-13-11-32)18(2)33(16-20-4-3-5-21(14-20)26(28,29)30)24(17)25(34)31-15-19-6-8-22(27)9-7-19/h3-9,14H,10-13,15-16H2,1-2H3,(H,31,34). The summed E-state index contributed by atoms with van der Waals surface area (Å²) in [4.78, 5) is 15.5. The third-order valence-corrected chi connectivity index (χ3v) is 6.23. The third-order valence-electron chi connectivity index (χ3n) is 6.23. The summed E-state index contributed by atoms with van der Waals surface area (Å²) < 4.78 is 60.3. The molecule has 4 rings (SSSR count). The minimum Gasteiger partial charge on any atom is -0.378 e. The van der Waals surface area contributed by atoms with Crippen molar-refractivity contribution in [3.05, 3.63) is 88.0 Å². The van der Waals surface area contributed by atoms with Gasteiger partial charge in [-0.05, 0) is 49.2 Å². The van der Waals surface area contributed by atoms with Gasteiger partial charge in [0.2, 0.25) is 0 Å². The number of rotatable bonds is 6. The summed E-state index contributed by atoms with van der Waals surface area (Å²) in [5.74, 6) is -0.710. The third kappa shape index (κ3) is 5.51. The van der Waals surface area contributed by atoms with Crippen LogP contribution in [0.15, 0.2) is 48.5 Å². The molecule has 3 aromatic rings. The van der Waals surface area contributed by atoms with E-state index >= 15 is 0 Å². The van der Waals surface area contributed by atoms with Gasteiger partial charge in [0.15, 0.2) is 0 Å². The van der Waals surface area contributed by atoms with E-state index in [9.17, 15) is 22.4 Å². The lowest BCUT2D eigenvalue weighted by Crippen LogP contribution is -2.36.